The van der Waals surface area contributed by atoms with Gasteiger partial charge in [0.15, 0.2) is 6.61 Å². The smallest absolute Gasteiger partial charge is 0.314 e. The molecule has 5 heteroatoms. The fourth-order valence-electron chi connectivity index (χ4n) is 2.57. The molecular weight excluding hydrogens is 338 g/mol. The van der Waals surface area contributed by atoms with E-state index < -0.39 is 11.9 Å². The Hall–Kier alpha value is -2.33. The van der Waals surface area contributed by atoms with E-state index in [2.05, 4.69) is 5.32 Å². The lowest BCUT2D eigenvalue weighted by molar-refractivity contribution is -0.150. The van der Waals surface area contributed by atoms with Crippen molar-refractivity contribution in [2.45, 2.75) is 26.2 Å². The number of carbonyl (C=O) groups is 2. The number of ether oxygens (including phenoxy) is 1. The number of carbonyl (C=O) groups excluding carboxylic acids is 2. The molecule has 2 rings (SSSR count). The van der Waals surface area contributed by atoms with Crippen LogP contribution in [0.5, 0.6) is 0 Å². The molecular formula is C20H22ClNO3. The van der Waals surface area contributed by atoms with Crippen molar-refractivity contribution >= 4 is 29.2 Å². The van der Waals surface area contributed by atoms with Crippen molar-refractivity contribution in [3.63, 3.8) is 0 Å². The Kier molecular flexibility index (Phi) is 7.02. The van der Waals surface area contributed by atoms with Gasteiger partial charge >= 0.3 is 5.97 Å². The lowest BCUT2D eigenvalue weighted by Gasteiger charge is -2.21. The Bertz CT molecular complexity index is 718. The van der Waals surface area contributed by atoms with Crippen molar-refractivity contribution in [1.29, 1.82) is 0 Å². The molecule has 2 aromatic rings. The summed E-state index contributed by atoms with van der Waals surface area (Å²) < 4.78 is 5.26. The highest BCUT2D eigenvalue weighted by molar-refractivity contribution is 6.33. The number of rotatable bonds is 7. The summed E-state index contributed by atoms with van der Waals surface area (Å²) >= 11 is 6.00. The van der Waals surface area contributed by atoms with Crippen molar-refractivity contribution < 1.29 is 14.3 Å². The van der Waals surface area contributed by atoms with Crippen LogP contribution >= 0.6 is 11.6 Å². The van der Waals surface area contributed by atoms with E-state index in [4.69, 9.17) is 16.3 Å². The molecule has 4 nitrogen and oxygen atoms in total. The Morgan fingerprint density at radius 1 is 1.08 bits per heavy atom. The molecule has 0 heterocycles. The normalized spacial score (nSPS) is 12.9. The van der Waals surface area contributed by atoms with Gasteiger partial charge in [-0.05, 0) is 23.6 Å². The van der Waals surface area contributed by atoms with E-state index in [1.54, 1.807) is 24.3 Å². The van der Waals surface area contributed by atoms with Gasteiger partial charge in [-0.25, -0.2) is 0 Å². The summed E-state index contributed by atoms with van der Waals surface area (Å²) in [5.74, 6) is -1.09. The third-order valence-corrected chi connectivity index (χ3v) is 4.45. The fraction of sp³-hybridized carbons (Fsp3) is 0.300. The molecule has 0 radical (unpaired) electrons. The molecule has 0 aromatic heterocycles. The highest BCUT2D eigenvalue weighted by Gasteiger charge is 2.27. The highest BCUT2D eigenvalue weighted by Crippen LogP contribution is 2.28. The minimum absolute atomic E-state index is 0.113. The molecule has 0 saturated carbocycles. The Balaban J connectivity index is 1.99. The monoisotopic (exact) mass is 359 g/mol. The van der Waals surface area contributed by atoms with Gasteiger partial charge in [-0.15, -0.1) is 0 Å². The molecule has 2 atom stereocenters. The van der Waals surface area contributed by atoms with E-state index in [1.807, 2.05) is 44.2 Å². The van der Waals surface area contributed by atoms with Crippen LogP contribution in [0.25, 0.3) is 0 Å². The average Bonchev–Trinajstić information content (AvgIpc) is 2.63. The molecule has 0 unspecified atom stereocenters. The lowest BCUT2D eigenvalue weighted by Crippen LogP contribution is -2.27. The maximum absolute atomic E-state index is 12.5. The van der Waals surface area contributed by atoms with Gasteiger partial charge in [0.1, 0.15) is 0 Å². The maximum atomic E-state index is 12.5. The highest BCUT2D eigenvalue weighted by atomic mass is 35.5. The zero-order chi connectivity index (χ0) is 18.2. The van der Waals surface area contributed by atoms with Gasteiger partial charge in [0, 0.05) is 0 Å². The summed E-state index contributed by atoms with van der Waals surface area (Å²) in [5, 5.41) is 3.07. The van der Waals surface area contributed by atoms with Gasteiger partial charge in [-0.3, -0.25) is 9.59 Å². The van der Waals surface area contributed by atoms with Crippen LogP contribution in [0.15, 0.2) is 54.6 Å². The van der Waals surface area contributed by atoms with Crippen molar-refractivity contribution in [3.05, 3.63) is 65.2 Å². The number of hydrogen-bond donors (Lipinski definition) is 1. The summed E-state index contributed by atoms with van der Waals surface area (Å²) in [6, 6.07) is 16.4. The standard InChI is InChI=1S/C20H22ClNO3/c1-3-14(2)19(15-9-5-4-6-10-15)20(24)25-13-18(23)22-17-12-8-7-11-16(17)21/h4-12,14,19H,3,13H2,1-2H3,(H,22,23)/t14-,19-/m0/s1. The Morgan fingerprint density at radius 3 is 2.36 bits per heavy atom. The van der Waals surface area contributed by atoms with Gasteiger partial charge in [0.2, 0.25) is 0 Å². The summed E-state index contributed by atoms with van der Waals surface area (Å²) in [5.41, 5.74) is 1.39. The number of anilines is 1. The first-order chi connectivity index (χ1) is 12.0. The summed E-state index contributed by atoms with van der Waals surface area (Å²) in [6.45, 7) is 3.69. The number of esters is 1. The second kappa shape index (κ2) is 9.23. The number of benzene rings is 2. The predicted octanol–water partition coefficient (Wildman–Crippen LogP) is 4.65. The fourth-order valence-corrected chi connectivity index (χ4v) is 2.75. The van der Waals surface area contributed by atoms with E-state index in [0.717, 1.165) is 12.0 Å². The van der Waals surface area contributed by atoms with Crippen molar-refractivity contribution in [3.8, 4) is 0 Å². The van der Waals surface area contributed by atoms with Gasteiger partial charge < -0.3 is 10.1 Å². The first-order valence-corrected chi connectivity index (χ1v) is 8.66. The van der Waals surface area contributed by atoms with Crippen LogP contribution in [0.4, 0.5) is 5.69 Å². The topological polar surface area (TPSA) is 55.4 Å². The predicted molar refractivity (Wildman–Crippen MR) is 99.7 cm³/mol. The molecule has 0 aliphatic heterocycles. The largest absolute Gasteiger partial charge is 0.455 e. The number of nitrogens with one attached hydrogen (secondary N) is 1. The summed E-state index contributed by atoms with van der Waals surface area (Å²) in [7, 11) is 0. The zero-order valence-electron chi connectivity index (χ0n) is 14.4. The molecule has 0 spiro atoms. The van der Waals surface area contributed by atoms with E-state index in [1.165, 1.54) is 0 Å². The van der Waals surface area contributed by atoms with Crippen molar-refractivity contribution in [2.24, 2.45) is 5.92 Å². The van der Waals surface area contributed by atoms with Crippen LogP contribution < -0.4 is 5.32 Å². The van der Waals surface area contributed by atoms with Crippen LogP contribution in [0.2, 0.25) is 5.02 Å². The lowest BCUT2D eigenvalue weighted by atomic mass is 9.86. The molecule has 0 aliphatic carbocycles. The number of hydrogen-bond acceptors (Lipinski definition) is 3. The SMILES string of the molecule is CC[C@H](C)[C@H](C(=O)OCC(=O)Nc1ccccc1Cl)c1ccccc1. The zero-order valence-corrected chi connectivity index (χ0v) is 15.1. The molecule has 1 amide bonds. The van der Waals surface area contributed by atoms with Crippen LogP contribution in [0.3, 0.4) is 0 Å². The van der Waals surface area contributed by atoms with Crippen LogP contribution in [-0.4, -0.2) is 18.5 Å². The molecule has 1 N–H and O–H groups in total. The Labute approximate surface area is 153 Å². The molecule has 0 fully saturated rings. The quantitative estimate of drug-likeness (QED) is 0.732. The van der Waals surface area contributed by atoms with Crippen LogP contribution in [-0.2, 0) is 14.3 Å². The van der Waals surface area contributed by atoms with Crippen molar-refractivity contribution in [2.75, 3.05) is 11.9 Å². The van der Waals surface area contributed by atoms with E-state index >= 15 is 0 Å². The van der Waals surface area contributed by atoms with Gasteiger partial charge in [0.25, 0.3) is 5.91 Å². The third-order valence-electron chi connectivity index (χ3n) is 4.12. The molecule has 0 bridgehead atoms. The molecule has 0 aliphatic rings. The van der Waals surface area contributed by atoms with Gasteiger partial charge in [-0.2, -0.15) is 0 Å². The second-order valence-electron chi connectivity index (χ2n) is 5.91. The van der Waals surface area contributed by atoms with Crippen LogP contribution in [0, 0.1) is 5.92 Å². The Morgan fingerprint density at radius 2 is 1.72 bits per heavy atom. The number of halogens is 1. The third kappa shape index (κ3) is 5.33. The minimum Gasteiger partial charge on any atom is -0.455 e. The van der Waals surface area contributed by atoms with E-state index in [-0.39, 0.29) is 18.4 Å². The average molecular weight is 360 g/mol. The molecule has 2 aromatic carbocycles. The van der Waals surface area contributed by atoms with Crippen LogP contribution in [0.1, 0.15) is 31.7 Å². The molecule has 25 heavy (non-hydrogen) atoms. The summed E-state index contributed by atoms with van der Waals surface area (Å²) in [6.07, 6.45) is 0.834. The van der Waals surface area contributed by atoms with E-state index in [9.17, 15) is 9.59 Å². The second-order valence-corrected chi connectivity index (χ2v) is 6.32. The maximum Gasteiger partial charge on any atom is 0.314 e. The first kappa shape index (κ1) is 19.0. The minimum atomic E-state index is -0.419. The molecule has 0 saturated heterocycles. The van der Waals surface area contributed by atoms with Gasteiger partial charge in [-0.1, -0.05) is 74.3 Å². The number of para-hydroxylation sites is 1. The first-order valence-electron chi connectivity index (χ1n) is 8.29. The van der Waals surface area contributed by atoms with E-state index in [0.29, 0.717) is 10.7 Å². The van der Waals surface area contributed by atoms with Crippen molar-refractivity contribution in [1.82, 2.24) is 0 Å². The summed E-state index contributed by atoms with van der Waals surface area (Å²) in [4.78, 5) is 24.6. The molecule has 132 valence electrons. The van der Waals surface area contributed by atoms with Gasteiger partial charge in [0.05, 0.1) is 16.6 Å². The number of amides is 1.